The van der Waals surface area contributed by atoms with Gasteiger partial charge >= 0.3 is 5.69 Å². The second-order valence-corrected chi connectivity index (χ2v) is 6.08. The summed E-state index contributed by atoms with van der Waals surface area (Å²) in [5.41, 5.74) is 2.61. The second-order valence-electron chi connectivity index (χ2n) is 6.08. The maximum Gasteiger partial charge on any atom is 0.325 e. The molecule has 10 heteroatoms. The van der Waals surface area contributed by atoms with E-state index in [4.69, 9.17) is 4.52 Å². The van der Waals surface area contributed by atoms with Crippen molar-refractivity contribution in [3.63, 3.8) is 0 Å². The Balaban J connectivity index is 1.62. The van der Waals surface area contributed by atoms with Gasteiger partial charge in [0.2, 0.25) is 0 Å². The van der Waals surface area contributed by atoms with Gasteiger partial charge in [-0.3, -0.25) is 9.67 Å². The molecule has 2 N–H and O–H groups in total. The van der Waals surface area contributed by atoms with Gasteiger partial charge < -0.3 is 9.51 Å². The molecule has 0 atom stereocenters. The van der Waals surface area contributed by atoms with Crippen molar-refractivity contribution in [1.82, 2.24) is 34.9 Å². The van der Waals surface area contributed by atoms with Gasteiger partial charge in [-0.1, -0.05) is 23.4 Å². The van der Waals surface area contributed by atoms with Crippen molar-refractivity contribution in [3.8, 4) is 22.9 Å². The average Bonchev–Trinajstić information content (AvgIpc) is 3.41. The van der Waals surface area contributed by atoms with E-state index in [1.165, 1.54) is 18.5 Å². The van der Waals surface area contributed by atoms with E-state index in [-0.39, 0.29) is 18.1 Å². The highest BCUT2D eigenvalue weighted by Gasteiger charge is 2.17. The van der Waals surface area contributed by atoms with Gasteiger partial charge in [-0.2, -0.15) is 5.10 Å². The Hall–Kier alpha value is -4.08. The molecule has 0 aliphatic carbocycles. The maximum atomic E-state index is 14.1. The van der Waals surface area contributed by atoms with Crippen molar-refractivity contribution in [1.29, 1.82) is 0 Å². The number of nitrogens with zero attached hydrogens (tertiary/aromatic N) is 5. The zero-order valence-corrected chi connectivity index (χ0v) is 14.3. The third-order valence-corrected chi connectivity index (χ3v) is 4.26. The first-order valence-electron chi connectivity index (χ1n) is 8.35. The van der Waals surface area contributed by atoms with Crippen LogP contribution in [-0.4, -0.2) is 34.9 Å². The molecule has 1 aromatic carbocycles. The van der Waals surface area contributed by atoms with E-state index in [2.05, 4.69) is 30.2 Å². The molecular weight excluding hydrogens is 365 g/mol. The normalized spacial score (nSPS) is 11.3. The zero-order valence-electron chi connectivity index (χ0n) is 14.3. The Kier molecular flexibility index (Phi) is 3.61. The minimum Gasteiger partial charge on any atom is -0.364 e. The standard InChI is InChI=1S/C18H12FN7O2/c19-11-4-2-1-3-10(11)9-26-15(12-5-6-28-25-12)7-13(24-26)16-20-8-14-17(22-16)23-18(27)21-14/h1-8H,9H2,(H2,20,21,22,23,27). The van der Waals surface area contributed by atoms with Gasteiger partial charge in [-0.15, -0.1) is 0 Å². The van der Waals surface area contributed by atoms with Gasteiger partial charge in [0.25, 0.3) is 0 Å². The number of hydrogen-bond donors (Lipinski definition) is 2. The Morgan fingerprint density at radius 3 is 2.86 bits per heavy atom. The van der Waals surface area contributed by atoms with E-state index in [1.54, 1.807) is 35.0 Å². The molecule has 0 saturated heterocycles. The minimum atomic E-state index is -0.366. The van der Waals surface area contributed by atoms with Crippen molar-refractivity contribution in [2.45, 2.75) is 6.54 Å². The lowest BCUT2D eigenvalue weighted by molar-refractivity contribution is 0.421. The van der Waals surface area contributed by atoms with Crippen LogP contribution in [0.5, 0.6) is 0 Å². The molecule has 4 aromatic heterocycles. The maximum absolute atomic E-state index is 14.1. The third-order valence-electron chi connectivity index (χ3n) is 4.26. The number of benzene rings is 1. The highest BCUT2D eigenvalue weighted by atomic mass is 19.1. The summed E-state index contributed by atoms with van der Waals surface area (Å²) < 4.78 is 20.7. The molecule has 5 aromatic rings. The van der Waals surface area contributed by atoms with E-state index in [9.17, 15) is 9.18 Å². The monoisotopic (exact) mass is 377 g/mol. The molecule has 0 aliphatic heterocycles. The second kappa shape index (κ2) is 6.27. The van der Waals surface area contributed by atoms with E-state index in [1.807, 2.05) is 0 Å². The summed E-state index contributed by atoms with van der Waals surface area (Å²) in [4.78, 5) is 25.2. The van der Waals surface area contributed by atoms with Crippen molar-refractivity contribution < 1.29 is 8.91 Å². The van der Waals surface area contributed by atoms with Gasteiger partial charge in [0.05, 0.1) is 18.4 Å². The first-order valence-corrected chi connectivity index (χ1v) is 8.35. The Morgan fingerprint density at radius 1 is 1.14 bits per heavy atom. The van der Waals surface area contributed by atoms with Crippen LogP contribution in [0.25, 0.3) is 34.1 Å². The molecule has 0 spiro atoms. The zero-order chi connectivity index (χ0) is 19.1. The predicted molar refractivity (Wildman–Crippen MR) is 96.7 cm³/mol. The van der Waals surface area contributed by atoms with Crippen LogP contribution in [0.1, 0.15) is 5.56 Å². The van der Waals surface area contributed by atoms with Crippen LogP contribution in [0.15, 0.2) is 58.2 Å². The molecule has 0 saturated carbocycles. The highest BCUT2D eigenvalue weighted by Crippen LogP contribution is 2.25. The van der Waals surface area contributed by atoms with Crippen molar-refractivity contribution >= 4 is 11.2 Å². The fourth-order valence-corrected chi connectivity index (χ4v) is 2.94. The smallest absolute Gasteiger partial charge is 0.325 e. The molecule has 0 fully saturated rings. The molecular formula is C18H12FN7O2. The van der Waals surface area contributed by atoms with Crippen LogP contribution >= 0.6 is 0 Å². The van der Waals surface area contributed by atoms with Gasteiger partial charge in [0, 0.05) is 11.6 Å². The van der Waals surface area contributed by atoms with Crippen LogP contribution in [0.3, 0.4) is 0 Å². The molecule has 0 aliphatic rings. The summed E-state index contributed by atoms with van der Waals surface area (Å²) in [7, 11) is 0. The van der Waals surface area contributed by atoms with E-state index < -0.39 is 0 Å². The first-order chi connectivity index (χ1) is 13.7. The molecule has 5 rings (SSSR count). The summed E-state index contributed by atoms with van der Waals surface area (Å²) in [5.74, 6) is -0.00648. The van der Waals surface area contributed by atoms with Crippen LogP contribution in [-0.2, 0) is 6.54 Å². The lowest BCUT2D eigenvalue weighted by Gasteiger charge is -2.06. The fraction of sp³-hybridized carbons (Fsp3) is 0.0556. The molecule has 4 heterocycles. The Morgan fingerprint density at radius 2 is 2.04 bits per heavy atom. The van der Waals surface area contributed by atoms with E-state index in [0.29, 0.717) is 39.6 Å². The average molecular weight is 377 g/mol. The summed E-state index contributed by atoms with van der Waals surface area (Å²) >= 11 is 0. The quantitative estimate of drug-likeness (QED) is 0.496. The fourth-order valence-electron chi connectivity index (χ4n) is 2.94. The van der Waals surface area contributed by atoms with Crippen molar-refractivity contribution in [3.05, 3.63) is 70.7 Å². The number of fused-ring (bicyclic) bond motifs is 1. The molecule has 28 heavy (non-hydrogen) atoms. The van der Waals surface area contributed by atoms with Crippen LogP contribution < -0.4 is 5.69 Å². The number of aromatic nitrogens is 7. The number of H-pyrrole nitrogens is 2. The number of aromatic amines is 2. The van der Waals surface area contributed by atoms with E-state index in [0.717, 1.165) is 0 Å². The van der Waals surface area contributed by atoms with Gasteiger partial charge in [0.15, 0.2) is 11.5 Å². The van der Waals surface area contributed by atoms with E-state index >= 15 is 0 Å². The lowest BCUT2D eigenvalue weighted by Crippen LogP contribution is -2.06. The number of nitrogens with one attached hydrogen (secondary N) is 2. The predicted octanol–water partition coefficient (Wildman–Crippen LogP) is 2.35. The molecule has 0 unspecified atom stereocenters. The van der Waals surface area contributed by atoms with Crippen LogP contribution in [0, 0.1) is 5.82 Å². The molecule has 0 amide bonds. The largest absolute Gasteiger partial charge is 0.364 e. The minimum absolute atomic E-state index is 0.193. The summed E-state index contributed by atoms with van der Waals surface area (Å²) in [6.07, 6.45) is 2.95. The summed E-state index contributed by atoms with van der Waals surface area (Å²) in [6.45, 7) is 0.193. The number of imidazole rings is 1. The third kappa shape index (κ3) is 2.76. The number of hydrogen-bond acceptors (Lipinski definition) is 6. The SMILES string of the molecule is O=c1[nH]c2cnc(-c3cc(-c4ccon4)n(Cc4ccccc4F)n3)nc2[nH]1. The van der Waals surface area contributed by atoms with Gasteiger partial charge in [-0.25, -0.2) is 19.2 Å². The van der Waals surface area contributed by atoms with Gasteiger partial charge in [0.1, 0.15) is 29.0 Å². The molecule has 138 valence electrons. The number of rotatable bonds is 4. The molecule has 0 bridgehead atoms. The summed E-state index contributed by atoms with van der Waals surface area (Å²) in [5, 5.41) is 8.48. The first kappa shape index (κ1) is 16.1. The molecule has 9 nitrogen and oxygen atoms in total. The van der Waals surface area contributed by atoms with Gasteiger partial charge in [-0.05, 0) is 12.1 Å². The van der Waals surface area contributed by atoms with Crippen LogP contribution in [0.2, 0.25) is 0 Å². The van der Waals surface area contributed by atoms with Crippen LogP contribution in [0.4, 0.5) is 4.39 Å². The Labute approximate surface area is 155 Å². The van der Waals surface area contributed by atoms with Crippen molar-refractivity contribution in [2.75, 3.05) is 0 Å². The summed E-state index contributed by atoms with van der Waals surface area (Å²) in [6, 6.07) is 9.91. The lowest BCUT2D eigenvalue weighted by atomic mass is 10.2. The highest BCUT2D eigenvalue weighted by molar-refractivity contribution is 5.72. The molecule has 0 radical (unpaired) electrons. The topological polar surface area (TPSA) is 118 Å². The van der Waals surface area contributed by atoms with Crippen molar-refractivity contribution in [2.24, 2.45) is 0 Å². The number of halogens is 1. The Bertz CT molecular complexity index is 1330.